The van der Waals surface area contributed by atoms with E-state index in [1.165, 1.54) is 16.3 Å². The number of aromatic nitrogens is 2. The van der Waals surface area contributed by atoms with Gasteiger partial charge in [-0.15, -0.1) is 4.94 Å². The van der Waals surface area contributed by atoms with Crippen LogP contribution in [0.25, 0.3) is 27.6 Å². The molecule has 7 aromatic rings. The fraction of sp³-hybridized carbons (Fsp3) is 0.146. The number of hydroxylamine groups is 1. The summed E-state index contributed by atoms with van der Waals surface area (Å²) in [5.74, 6) is 1.33. The third-order valence-electron chi connectivity index (χ3n) is 8.89. The molecule has 8 rings (SSSR count). The Labute approximate surface area is 275 Å². The lowest BCUT2D eigenvalue weighted by atomic mass is 10.1. The molecule has 0 atom stereocenters. The Morgan fingerprint density at radius 3 is 2.11 bits per heavy atom. The summed E-state index contributed by atoms with van der Waals surface area (Å²) >= 11 is 0. The number of rotatable bonds is 7. The molecule has 0 radical (unpaired) electrons. The quantitative estimate of drug-likeness (QED) is 0.178. The lowest BCUT2D eigenvalue weighted by molar-refractivity contribution is 0.113. The minimum Gasteiger partial charge on any atom is -0.310 e. The molecule has 0 aliphatic carbocycles. The van der Waals surface area contributed by atoms with E-state index in [9.17, 15) is 0 Å². The van der Waals surface area contributed by atoms with Crippen LogP contribution in [0.1, 0.15) is 39.2 Å². The van der Waals surface area contributed by atoms with Crippen LogP contribution in [-0.2, 0) is 4.94 Å². The Morgan fingerprint density at radius 1 is 0.596 bits per heavy atom. The summed E-state index contributed by atoms with van der Waals surface area (Å²) in [6.45, 7) is 8.72. The first-order valence-electron chi connectivity index (χ1n) is 16.3. The van der Waals surface area contributed by atoms with Crippen molar-refractivity contribution >= 4 is 55.9 Å². The third kappa shape index (κ3) is 4.98. The van der Waals surface area contributed by atoms with Gasteiger partial charge in [-0.2, -0.15) is 5.06 Å². The van der Waals surface area contributed by atoms with Crippen molar-refractivity contribution in [2.45, 2.75) is 39.7 Å². The van der Waals surface area contributed by atoms with Gasteiger partial charge in [0.15, 0.2) is 0 Å². The molecule has 3 heterocycles. The van der Waals surface area contributed by atoms with E-state index in [-0.39, 0.29) is 6.04 Å². The van der Waals surface area contributed by atoms with Gasteiger partial charge in [0, 0.05) is 34.0 Å². The van der Waals surface area contributed by atoms with Gasteiger partial charge in [-0.3, -0.25) is 4.57 Å². The zero-order valence-electron chi connectivity index (χ0n) is 27.1. The fourth-order valence-electron chi connectivity index (χ4n) is 6.60. The summed E-state index contributed by atoms with van der Waals surface area (Å²) in [4.78, 5) is 13.6. The van der Waals surface area contributed by atoms with Gasteiger partial charge < -0.3 is 4.90 Å². The van der Waals surface area contributed by atoms with Gasteiger partial charge in [0.25, 0.3) is 0 Å². The van der Waals surface area contributed by atoms with Gasteiger partial charge in [0.2, 0.25) is 0 Å². The SMILES string of the molecule is CC(C)c1ccnc(-n2c3ccccc3c3ccc(N(c4ccccc4)c4cccc(N5ON(C(C)C)c6ccccc65)c4)cc32)c1. The molecule has 0 saturated carbocycles. The zero-order chi connectivity index (χ0) is 32.1. The Balaban J connectivity index is 1.30. The van der Waals surface area contributed by atoms with Crippen LogP contribution in [-0.4, -0.2) is 15.6 Å². The van der Waals surface area contributed by atoms with Crippen molar-refractivity contribution in [3.63, 3.8) is 0 Å². The predicted molar refractivity (Wildman–Crippen MR) is 195 cm³/mol. The molecule has 47 heavy (non-hydrogen) atoms. The van der Waals surface area contributed by atoms with Gasteiger partial charge in [-0.1, -0.05) is 74.5 Å². The van der Waals surface area contributed by atoms with Gasteiger partial charge in [-0.05, 0) is 98.1 Å². The van der Waals surface area contributed by atoms with Crippen LogP contribution in [0.3, 0.4) is 0 Å². The molecule has 0 saturated heterocycles. The minimum absolute atomic E-state index is 0.180. The van der Waals surface area contributed by atoms with E-state index in [0.717, 1.165) is 51.0 Å². The number of anilines is 6. The Morgan fingerprint density at radius 2 is 1.30 bits per heavy atom. The second-order valence-corrected chi connectivity index (χ2v) is 12.6. The summed E-state index contributed by atoms with van der Waals surface area (Å²) in [5, 5.41) is 6.29. The molecule has 5 aromatic carbocycles. The Bertz CT molecular complexity index is 2220. The lowest BCUT2D eigenvalue weighted by Gasteiger charge is -2.27. The lowest BCUT2D eigenvalue weighted by Crippen LogP contribution is -2.31. The van der Waals surface area contributed by atoms with Crippen LogP contribution in [0.5, 0.6) is 0 Å². The summed E-state index contributed by atoms with van der Waals surface area (Å²) in [5.41, 5.74) is 9.69. The molecule has 0 bridgehead atoms. The number of fused-ring (bicyclic) bond motifs is 4. The van der Waals surface area contributed by atoms with Crippen molar-refractivity contribution in [3.05, 3.63) is 145 Å². The number of hydrogen-bond donors (Lipinski definition) is 0. The van der Waals surface area contributed by atoms with Gasteiger partial charge in [0.05, 0.1) is 34.1 Å². The van der Waals surface area contributed by atoms with Crippen molar-refractivity contribution in [2.75, 3.05) is 15.0 Å². The number of pyridine rings is 1. The molecule has 0 spiro atoms. The standard InChI is InChI=1S/C41H37N5O/c1-28(2)30-23-24-42-41(25-30)44-37-18-9-8-17-35(37)36-22-21-33(27-40(36)44)43(31-13-6-5-7-14-31)32-15-12-16-34(26-32)46-39-20-11-10-19-38(39)45(47-46)29(3)4/h5-29H,1-4H3. The maximum atomic E-state index is 6.45. The second-order valence-electron chi connectivity index (χ2n) is 12.6. The zero-order valence-corrected chi connectivity index (χ0v) is 27.1. The van der Waals surface area contributed by atoms with E-state index >= 15 is 0 Å². The fourth-order valence-corrected chi connectivity index (χ4v) is 6.60. The van der Waals surface area contributed by atoms with E-state index in [2.05, 4.69) is 171 Å². The van der Waals surface area contributed by atoms with Gasteiger partial charge in [0.1, 0.15) is 5.82 Å². The first-order valence-corrected chi connectivity index (χ1v) is 16.3. The predicted octanol–water partition coefficient (Wildman–Crippen LogP) is 11.0. The largest absolute Gasteiger partial charge is 0.310 e. The molecule has 0 fully saturated rings. The first-order chi connectivity index (χ1) is 23.0. The molecule has 232 valence electrons. The van der Waals surface area contributed by atoms with Crippen molar-refractivity contribution in [1.82, 2.24) is 9.55 Å². The van der Waals surface area contributed by atoms with Crippen LogP contribution in [0.2, 0.25) is 0 Å². The highest BCUT2D eigenvalue weighted by Gasteiger charge is 2.31. The first kappa shape index (κ1) is 28.9. The highest BCUT2D eigenvalue weighted by Crippen LogP contribution is 2.45. The summed E-state index contributed by atoms with van der Waals surface area (Å²) in [6, 6.07) is 47.3. The molecule has 0 N–H and O–H groups in total. The number of hydrogen-bond acceptors (Lipinski definition) is 5. The third-order valence-corrected chi connectivity index (χ3v) is 8.89. The van der Waals surface area contributed by atoms with Crippen LogP contribution >= 0.6 is 0 Å². The average molecular weight is 616 g/mol. The molecule has 1 aliphatic rings. The van der Waals surface area contributed by atoms with Crippen LogP contribution in [0.15, 0.2) is 140 Å². The summed E-state index contributed by atoms with van der Waals surface area (Å²) < 4.78 is 2.30. The summed E-state index contributed by atoms with van der Waals surface area (Å²) in [7, 11) is 0. The Kier molecular flexibility index (Phi) is 7.15. The monoisotopic (exact) mass is 615 g/mol. The molecular formula is C41H37N5O. The molecule has 2 aromatic heterocycles. The maximum Gasteiger partial charge on any atom is 0.137 e. The average Bonchev–Trinajstić information content (AvgIpc) is 3.66. The van der Waals surface area contributed by atoms with E-state index in [4.69, 9.17) is 9.92 Å². The number of nitrogens with zero attached hydrogens (tertiary/aromatic N) is 5. The number of para-hydroxylation sites is 4. The van der Waals surface area contributed by atoms with Crippen LogP contribution < -0.4 is 15.0 Å². The summed E-state index contributed by atoms with van der Waals surface area (Å²) in [6.07, 6.45) is 1.93. The molecule has 6 nitrogen and oxygen atoms in total. The molecule has 1 aliphatic heterocycles. The molecule has 0 unspecified atom stereocenters. The van der Waals surface area contributed by atoms with E-state index < -0.39 is 0 Å². The van der Waals surface area contributed by atoms with Gasteiger partial charge in [-0.25, -0.2) is 10.0 Å². The normalized spacial score (nSPS) is 12.9. The van der Waals surface area contributed by atoms with Crippen molar-refractivity contribution in [1.29, 1.82) is 0 Å². The van der Waals surface area contributed by atoms with Crippen molar-refractivity contribution < 1.29 is 4.94 Å². The second kappa shape index (κ2) is 11.6. The van der Waals surface area contributed by atoms with Gasteiger partial charge >= 0.3 is 0 Å². The van der Waals surface area contributed by atoms with Crippen molar-refractivity contribution in [2.24, 2.45) is 0 Å². The molecular weight excluding hydrogens is 578 g/mol. The van der Waals surface area contributed by atoms with E-state index in [1.54, 1.807) is 0 Å². The Hall–Kier alpha value is -5.59. The van der Waals surface area contributed by atoms with E-state index in [0.29, 0.717) is 5.92 Å². The maximum absolute atomic E-state index is 6.45. The highest BCUT2D eigenvalue weighted by molar-refractivity contribution is 6.10. The smallest absolute Gasteiger partial charge is 0.137 e. The topological polar surface area (TPSA) is 36.8 Å². The molecule has 0 amide bonds. The molecule has 6 heteroatoms. The highest BCUT2D eigenvalue weighted by atomic mass is 16.8. The van der Waals surface area contributed by atoms with E-state index in [1.807, 2.05) is 16.3 Å². The van der Waals surface area contributed by atoms with Crippen LogP contribution in [0.4, 0.5) is 34.1 Å². The number of benzene rings is 5. The van der Waals surface area contributed by atoms with Crippen LogP contribution in [0, 0.1) is 0 Å². The van der Waals surface area contributed by atoms with Crippen molar-refractivity contribution in [3.8, 4) is 5.82 Å². The minimum atomic E-state index is 0.180.